The number of rotatable bonds is 2. The maximum atomic E-state index is 12.3. The Kier molecular flexibility index (Phi) is 3.81. The first kappa shape index (κ1) is 13.1. The van der Waals surface area contributed by atoms with Crippen molar-refractivity contribution in [1.29, 1.82) is 5.26 Å². The number of likely N-dealkylation sites (tertiary alicyclic amines) is 1. The van der Waals surface area contributed by atoms with Crippen molar-refractivity contribution >= 4 is 11.8 Å². The highest BCUT2D eigenvalue weighted by atomic mass is 16.2. The number of amides is 2. The Balaban J connectivity index is 2.10. The Morgan fingerprint density at radius 2 is 2.00 bits per heavy atom. The summed E-state index contributed by atoms with van der Waals surface area (Å²) in [6.45, 7) is 1.02. The van der Waals surface area contributed by atoms with Gasteiger partial charge < -0.3 is 10.6 Å². The first-order valence-corrected chi connectivity index (χ1v) is 6.20. The number of piperidine rings is 1. The van der Waals surface area contributed by atoms with E-state index >= 15 is 0 Å². The average molecular weight is 257 g/mol. The number of benzene rings is 1. The molecule has 1 aromatic rings. The van der Waals surface area contributed by atoms with Crippen LogP contribution in [0.3, 0.4) is 0 Å². The molecule has 1 aliphatic heterocycles. The van der Waals surface area contributed by atoms with Gasteiger partial charge in [0, 0.05) is 18.7 Å². The van der Waals surface area contributed by atoms with E-state index in [0.717, 1.165) is 12.8 Å². The van der Waals surface area contributed by atoms with Crippen LogP contribution in [0.15, 0.2) is 24.3 Å². The van der Waals surface area contributed by atoms with Crippen molar-refractivity contribution in [3.05, 3.63) is 35.4 Å². The largest absolute Gasteiger partial charge is 0.369 e. The Hall–Kier alpha value is -2.35. The third-order valence-electron chi connectivity index (χ3n) is 3.37. The summed E-state index contributed by atoms with van der Waals surface area (Å²) < 4.78 is 0. The number of hydrogen-bond acceptors (Lipinski definition) is 3. The first-order valence-electron chi connectivity index (χ1n) is 6.20. The lowest BCUT2D eigenvalue weighted by molar-refractivity contribution is -0.123. The van der Waals surface area contributed by atoms with E-state index in [2.05, 4.69) is 0 Å². The zero-order valence-electron chi connectivity index (χ0n) is 10.5. The van der Waals surface area contributed by atoms with Gasteiger partial charge in [-0.25, -0.2) is 0 Å². The van der Waals surface area contributed by atoms with Crippen LogP contribution in [0.1, 0.15) is 28.8 Å². The lowest BCUT2D eigenvalue weighted by Gasteiger charge is -2.31. The highest BCUT2D eigenvalue weighted by molar-refractivity contribution is 5.94. The molecule has 1 aliphatic rings. The highest BCUT2D eigenvalue weighted by Crippen LogP contribution is 2.18. The second-order valence-corrected chi connectivity index (χ2v) is 4.68. The standard InChI is InChI=1S/C14H15N3O2/c15-8-10-3-5-11(6-4-10)14(19)17-7-1-2-12(9-17)13(16)18/h3-6,12H,1-2,7,9H2,(H2,16,18)/t12-/m1/s1. The van der Waals surface area contributed by atoms with Gasteiger partial charge in [-0.05, 0) is 37.1 Å². The van der Waals surface area contributed by atoms with Crippen LogP contribution >= 0.6 is 0 Å². The van der Waals surface area contributed by atoms with Crippen LogP contribution in [-0.2, 0) is 4.79 Å². The van der Waals surface area contributed by atoms with Gasteiger partial charge in [-0.2, -0.15) is 5.26 Å². The first-order chi connectivity index (χ1) is 9.11. The summed E-state index contributed by atoms with van der Waals surface area (Å²) in [7, 11) is 0. The Labute approximate surface area is 111 Å². The number of nitriles is 1. The summed E-state index contributed by atoms with van der Waals surface area (Å²) in [5.74, 6) is -0.719. The smallest absolute Gasteiger partial charge is 0.253 e. The number of carbonyl (C=O) groups is 2. The van der Waals surface area contributed by atoms with Crippen LogP contribution < -0.4 is 5.73 Å². The second-order valence-electron chi connectivity index (χ2n) is 4.68. The molecule has 0 radical (unpaired) electrons. The van der Waals surface area contributed by atoms with Crippen LogP contribution in [0.2, 0.25) is 0 Å². The Morgan fingerprint density at radius 1 is 1.32 bits per heavy atom. The molecule has 0 aliphatic carbocycles. The predicted octanol–water partition coefficient (Wildman–Crippen LogP) is 0.896. The molecule has 0 unspecified atom stereocenters. The van der Waals surface area contributed by atoms with Crippen molar-refractivity contribution < 1.29 is 9.59 Å². The van der Waals surface area contributed by atoms with Crippen molar-refractivity contribution in [3.63, 3.8) is 0 Å². The van der Waals surface area contributed by atoms with E-state index in [1.807, 2.05) is 6.07 Å². The summed E-state index contributed by atoms with van der Waals surface area (Å²) in [4.78, 5) is 25.1. The summed E-state index contributed by atoms with van der Waals surface area (Å²) in [5.41, 5.74) is 6.34. The molecule has 2 N–H and O–H groups in total. The molecule has 0 aromatic heterocycles. The minimum atomic E-state index is -0.350. The fourth-order valence-corrected chi connectivity index (χ4v) is 2.26. The quantitative estimate of drug-likeness (QED) is 0.853. The molecular formula is C14H15N3O2. The summed E-state index contributed by atoms with van der Waals surface area (Å²) >= 11 is 0. The zero-order chi connectivity index (χ0) is 13.8. The normalized spacial score (nSPS) is 18.7. The molecule has 1 aromatic carbocycles. The average Bonchev–Trinajstić information content (AvgIpc) is 2.46. The van der Waals surface area contributed by atoms with Gasteiger partial charge in [0.05, 0.1) is 17.6 Å². The van der Waals surface area contributed by atoms with Gasteiger partial charge in [0.25, 0.3) is 5.91 Å². The number of hydrogen-bond donors (Lipinski definition) is 1. The highest BCUT2D eigenvalue weighted by Gasteiger charge is 2.27. The van der Waals surface area contributed by atoms with Crippen molar-refractivity contribution in [3.8, 4) is 6.07 Å². The van der Waals surface area contributed by atoms with Gasteiger partial charge >= 0.3 is 0 Å². The molecule has 1 fully saturated rings. The van der Waals surface area contributed by atoms with E-state index in [1.165, 1.54) is 0 Å². The fraction of sp³-hybridized carbons (Fsp3) is 0.357. The van der Waals surface area contributed by atoms with Crippen LogP contribution in [0.4, 0.5) is 0 Å². The number of primary amides is 1. The monoisotopic (exact) mass is 257 g/mol. The van der Waals surface area contributed by atoms with Crippen molar-refractivity contribution in [2.75, 3.05) is 13.1 Å². The van der Waals surface area contributed by atoms with Crippen LogP contribution in [0.5, 0.6) is 0 Å². The maximum absolute atomic E-state index is 12.3. The summed E-state index contributed by atoms with van der Waals surface area (Å²) in [6.07, 6.45) is 1.53. The maximum Gasteiger partial charge on any atom is 0.253 e. The molecule has 0 bridgehead atoms. The van der Waals surface area contributed by atoms with E-state index < -0.39 is 0 Å². The van der Waals surface area contributed by atoms with Gasteiger partial charge in [0.15, 0.2) is 0 Å². The lowest BCUT2D eigenvalue weighted by atomic mass is 9.97. The molecular weight excluding hydrogens is 242 g/mol. The third kappa shape index (κ3) is 2.91. The summed E-state index contributed by atoms with van der Waals surface area (Å²) in [5, 5.41) is 8.71. The third-order valence-corrected chi connectivity index (χ3v) is 3.37. The van der Waals surface area contributed by atoms with Crippen LogP contribution in [-0.4, -0.2) is 29.8 Å². The SMILES string of the molecule is N#Cc1ccc(C(=O)N2CCC[C@@H](C(N)=O)C2)cc1. The van der Waals surface area contributed by atoms with Crippen LogP contribution in [0.25, 0.3) is 0 Å². The molecule has 5 nitrogen and oxygen atoms in total. The molecule has 98 valence electrons. The topological polar surface area (TPSA) is 87.2 Å². The molecule has 0 saturated carbocycles. The molecule has 2 rings (SSSR count). The van der Waals surface area contributed by atoms with E-state index in [-0.39, 0.29) is 17.7 Å². The molecule has 1 saturated heterocycles. The van der Waals surface area contributed by atoms with Gasteiger partial charge in [-0.15, -0.1) is 0 Å². The fourth-order valence-electron chi connectivity index (χ4n) is 2.26. The number of nitrogens with zero attached hydrogens (tertiary/aromatic N) is 2. The van der Waals surface area contributed by atoms with E-state index in [1.54, 1.807) is 29.2 Å². The van der Waals surface area contributed by atoms with Gasteiger partial charge in [-0.3, -0.25) is 9.59 Å². The van der Waals surface area contributed by atoms with Crippen molar-refractivity contribution in [2.24, 2.45) is 11.7 Å². The van der Waals surface area contributed by atoms with E-state index in [0.29, 0.717) is 24.2 Å². The lowest BCUT2D eigenvalue weighted by Crippen LogP contribution is -2.44. The van der Waals surface area contributed by atoms with Crippen molar-refractivity contribution in [1.82, 2.24) is 4.90 Å². The molecule has 19 heavy (non-hydrogen) atoms. The zero-order valence-corrected chi connectivity index (χ0v) is 10.5. The molecule has 5 heteroatoms. The molecule has 2 amide bonds. The molecule has 1 heterocycles. The van der Waals surface area contributed by atoms with E-state index in [4.69, 9.17) is 11.0 Å². The number of nitrogens with two attached hydrogens (primary N) is 1. The van der Waals surface area contributed by atoms with E-state index in [9.17, 15) is 9.59 Å². The molecule has 1 atom stereocenters. The van der Waals surface area contributed by atoms with Crippen LogP contribution in [0, 0.1) is 17.2 Å². The van der Waals surface area contributed by atoms with Gasteiger partial charge in [0.1, 0.15) is 0 Å². The van der Waals surface area contributed by atoms with Gasteiger partial charge in [0.2, 0.25) is 5.91 Å². The Bertz CT molecular complexity index is 531. The van der Waals surface area contributed by atoms with Crippen molar-refractivity contribution in [2.45, 2.75) is 12.8 Å². The predicted molar refractivity (Wildman–Crippen MR) is 69.0 cm³/mol. The minimum absolute atomic E-state index is 0.115. The molecule has 0 spiro atoms. The van der Waals surface area contributed by atoms with Gasteiger partial charge in [-0.1, -0.05) is 0 Å². The minimum Gasteiger partial charge on any atom is -0.369 e. The second kappa shape index (κ2) is 5.53. The Morgan fingerprint density at radius 3 is 2.58 bits per heavy atom. The summed E-state index contributed by atoms with van der Waals surface area (Å²) in [6, 6.07) is 8.50. The number of carbonyl (C=O) groups excluding carboxylic acids is 2.